The van der Waals surface area contributed by atoms with Gasteiger partial charge in [-0.2, -0.15) is 0 Å². The van der Waals surface area contributed by atoms with E-state index < -0.39 is 0 Å². The summed E-state index contributed by atoms with van der Waals surface area (Å²) >= 11 is 0. The van der Waals surface area contributed by atoms with Crippen LogP contribution in [0.1, 0.15) is 34.6 Å². The van der Waals surface area contributed by atoms with Crippen LogP contribution in [0, 0.1) is 11.8 Å². The molecule has 0 aromatic rings. The number of nitrogens with zero attached hydrogens (tertiary/aromatic N) is 1. The largest absolute Gasteiger partial charge is 0.315 e. The predicted octanol–water partition coefficient (Wildman–Crippen LogP) is 2.76. The highest BCUT2D eigenvalue weighted by molar-refractivity contribution is 4.93. The van der Waals surface area contributed by atoms with Crippen LogP contribution < -0.4 is 5.32 Å². The molecule has 1 N–H and O–H groups in total. The topological polar surface area (TPSA) is 15.3 Å². The van der Waals surface area contributed by atoms with Gasteiger partial charge in [0.15, 0.2) is 0 Å². The molecular formula is C14H30N2. The molecule has 0 heterocycles. The molecule has 0 aromatic heterocycles. The van der Waals surface area contributed by atoms with Crippen molar-refractivity contribution in [2.24, 2.45) is 11.8 Å². The first-order valence-corrected chi connectivity index (χ1v) is 6.40. The molecule has 0 saturated heterocycles. The number of nitrogens with one attached hydrogen (secondary N) is 1. The summed E-state index contributed by atoms with van der Waals surface area (Å²) < 4.78 is 0. The van der Waals surface area contributed by atoms with Gasteiger partial charge < -0.3 is 5.32 Å². The maximum Gasteiger partial charge on any atom is 0.0243 e. The third-order valence-corrected chi connectivity index (χ3v) is 2.76. The van der Waals surface area contributed by atoms with Gasteiger partial charge >= 0.3 is 0 Å². The van der Waals surface area contributed by atoms with Crippen molar-refractivity contribution in [3.05, 3.63) is 12.2 Å². The predicted molar refractivity (Wildman–Crippen MR) is 73.8 cm³/mol. The van der Waals surface area contributed by atoms with Crippen molar-refractivity contribution < 1.29 is 0 Å². The van der Waals surface area contributed by atoms with Gasteiger partial charge in [0.25, 0.3) is 0 Å². The van der Waals surface area contributed by atoms with Gasteiger partial charge in [-0.25, -0.2) is 0 Å². The van der Waals surface area contributed by atoms with Crippen molar-refractivity contribution in [1.29, 1.82) is 0 Å². The van der Waals surface area contributed by atoms with Crippen LogP contribution in [0.3, 0.4) is 0 Å². The molecule has 0 bridgehead atoms. The summed E-state index contributed by atoms with van der Waals surface area (Å²) in [7, 11) is 2.19. The lowest BCUT2D eigenvalue weighted by molar-refractivity contribution is 0.199. The summed E-state index contributed by atoms with van der Waals surface area (Å²) in [6.07, 6.45) is 0. The third-order valence-electron chi connectivity index (χ3n) is 2.76. The van der Waals surface area contributed by atoms with Crippen molar-refractivity contribution in [3.63, 3.8) is 0 Å². The van der Waals surface area contributed by atoms with Crippen LogP contribution in [0.15, 0.2) is 12.2 Å². The van der Waals surface area contributed by atoms with Crippen molar-refractivity contribution in [3.8, 4) is 0 Å². The Morgan fingerprint density at radius 3 is 2.12 bits per heavy atom. The van der Waals surface area contributed by atoms with Crippen LogP contribution in [0.5, 0.6) is 0 Å². The van der Waals surface area contributed by atoms with Crippen molar-refractivity contribution in [2.45, 2.75) is 40.7 Å². The summed E-state index contributed by atoms with van der Waals surface area (Å²) in [6.45, 7) is 18.3. The second-order valence-electron chi connectivity index (χ2n) is 5.74. The van der Waals surface area contributed by atoms with Gasteiger partial charge in [-0.1, -0.05) is 39.8 Å². The second kappa shape index (κ2) is 7.86. The summed E-state index contributed by atoms with van der Waals surface area (Å²) in [5.74, 6) is 1.39. The van der Waals surface area contributed by atoms with Crippen LogP contribution in [0.2, 0.25) is 0 Å². The molecule has 0 rings (SSSR count). The van der Waals surface area contributed by atoms with E-state index in [-0.39, 0.29) is 0 Å². The number of likely N-dealkylation sites (N-methyl/N-ethyl adjacent to an activating group) is 1. The van der Waals surface area contributed by atoms with E-state index in [1.165, 1.54) is 5.57 Å². The molecule has 1 unspecified atom stereocenters. The summed E-state index contributed by atoms with van der Waals surface area (Å²) in [5, 5.41) is 3.55. The monoisotopic (exact) mass is 226 g/mol. The van der Waals surface area contributed by atoms with E-state index in [1.807, 2.05) is 0 Å². The van der Waals surface area contributed by atoms with Crippen molar-refractivity contribution >= 4 is 0 Å². The van der Waals surface area contributed by atoms with E-state index in [1.54, 1.807) is 0 Å². The fourth-order valence-corrected chi connectivity index (χ4v) is 1.96. The van der Waals surface area contributed by atoms with Crippen LogP contribution in [-0.2, 0) is 0 Å². The van der Waals surface area contributed by atoms with Gasteiger partial charge in [0.1, 0.15) is 0 Å². The number of hydrogen-bond acceptors (Lipinski definition) is 2. The zero-order valence-corrected chi connectivity index (χ0v) is 12.0. The van der Waals surface area contributed by atoms with Gasteiger partial charge in [0, 0.05) is 19.1 Å². The van der Waals surface area contributed by atoms with E-state index in [0.717, 1.165) is 25.6 Å². The van der Waals surface area contributed by atoms with Crippen LogP contribution in [0.25, 0.3) is 0 Å². The summed E-state index contributed by atoms with van der Waals surface area (Å²) in [6, 6.07) is 0.593. The maximum absolute atomic E-state index is 3.98. The molecule has 2 heteroatoms. The molecule has 0 aliphatic rings. The molecule has 0 fully saturated rings. The third kappa shape index (κ3) is 7.02. The molecule has 1 atom stereocenters. The Balaban J connectivity index is 4.10. The van der Waals surface area contributed by atoms with Crippen LogP contribution in [-0.4, -0.2) is 37.6 Å². The van der Waals surface area contributed by atoms with Crippen molar-refractivity contribution in [1.82, 2.24) is 10.2 Å². The Hall–Kier alpha value is -0.340. The first-order valence-electron chi connectivity index (χ1n) is 6.40. The molecule has 96 valence electrons. The number of rotatable bonds is 8. The van der Waals surface area contributed by atoms with Crippen LogP contribution >= 0.6 is 0 Å². The fraction of sp³-hybridized carbons (Fsp3) is 0.857. The van der Waals surface area contributed by atoms with E-state index in [9.17, 15) is 0 Å². The zero-order valence-electron chi connectivity index (χ0n) is 12.0. The molecule has 0 aliphatic carbocycles. The average molecular weight is 226 g/mol. The van der Waals surface area contributed by atoms with E-state index in [4.69, 9.17) is 0 Å². The second-order valence-corrected chi connectivity index (χ2v) is 5.74. The Kier molecular flexibility index (Phi) is 7.69. The minimum Gasteiger partial charge on any atom is -0.315 e. The van der Waals surface area contributed by atoms with Gasteiger partial charge in [-0.05, 0) is 32.4 Å². The lowest BCUT2D eigenvalue weighted by Gasteiger charge is -2.32. The van der Waals surface area contributed by atoms with E-state index in [2.05, 4.69) is 58.5 Å². The van der Waals surface area contributed by atoms with Gasteiger partial charge in [-0.3, -0.25) is 4.90 Å². The Morgan fingerprint density at radius 1 is 1.19 bits per heavy atom. The Labute approximate surface area is 102 Å². The highest BCUT2D eigenvalue weighted by Gasteiger charge is 2.17. The first kappa shape index (κ1) is 15.7. The quantitative estimate of drug-likeness (QED) is 0.640. The summed E-state index contributed by atoms with van der Waals surface area (Å²) in [4.78, 5) is 2.40. The Bertz CT molecular complexity index is 197. The normalized spacial score (nSPS) is 13.8. The summed E-state index contributed by atoms with van der Waals surface area (Å²) in [5.41, 5.74) is 1.23. The zero-order chi connectivity index (χ0) is 12.7. The average Bonchev–Trinajstić information content (AvgIpc) is 2.09. The molecule has 2 nitrogen and oxygen atoms in total. The number of hydrogen-bond donors (Lipinski definition) is 1. The highest BCUT2D eigenvalue weighted by Crippen LogP contribution is 2.09. The molecule has 16 heavy (non-hydrogen) atoms. The molecule has 0 aliphatic heterocycles. The minimum absolute atomic E-state index is 0.593. The van der Waals surface area contributed by atoms with E-state index >= 15 is 0 Å². The first-order chi connectivity index (χ1) is 7.34. The SMILES string of the molecule is C=C(C)CN(C)C(CNCC(C)C)C(C)C. The molecule has 0 amide bonds. The fourth-order valence-electron chi connectivity index (χ4n) is 1.96. The van der Waals surface area contributed by atoms with Gasteiger partial charge in [0.2, 0.25) is 0 Å². The maximum atomic E-state index is 3.98. The smallest absolute Gasteiger partial charge is 0.0243 e. The van der Waals surface area contributed by atoms with Crippen molar-refractivity contribution in [2.75, 3.05) is 26.7 Å². The minimum atomic E-state index is 0.593. The highest BCUT2D eigenvalue weighted by atomic mass is 15.1. The lowest BCUT2D eigenvalue weighted by Crippen LogP contribution is -2.44. The van der Waals surface area contributed by atoms with Gasteiger partial charge in [0.05, 0.1) is 0 Å². The van der Waals surface area contributed by atoms with Crippen LogP contribution in [0.4, 0.5) is 0 Å². The van der Waals surface area contributed by atoms with E-state index in [0.29, 0.717) is 12.0 Å². The lowest BCUT2D eigenvalue weighted by atomic mass is 10.0. The molecule has 0 spiro atoms. The standard InChI is InChI=1S/C14H30N2/c1-11(2)8-15-9-14(13(5)6)16(7)10-12(3)4/h11,13-15H,3,8-10H2,1-2,4-7H3. The molecule has 0 saturated carbocycles. The Morgan fingerprint density at radius 2 is 1.75 bits per heavy atom. The molecule has 0 aromatic carbocycles. The van der Waals surface area contributed by atoms with Gasteiger partial charge in [-0.15, -0.1) is 0 Å². The molecule has 0 radical (unpaired) electrons. The molecular weight excluding hydrogens is 196 g/mol.